The number of aryl methyl sites for hydroxylation is 1. The topological polar surface area (TPSA) is 115 Å². The number of aromatic amines is 1. The number of benzene rings is 2. The Morgan fingerprint density at radius 1 is 1.09 bits per heavy atom. The van der Waals surface area contributed by atoms with Crippen LogP contribution in [0.25, 0.3) is 33.5 Å². The standard InChI is InChI=1S/C25H21F2N7O/c1-34-13-17(12-31-34)16-9-18(23(28)30-11-16)24-32-21-5-3-15(10-22(21)33-24)25(35)29-7-6-14-2-4-19(26)20(27)8-14/h2-5,8-13H,6-7H2,1H3,(H2,28,30)(H,29,35)(H,32,33). The van der Waals surface area contributed by atoms with E-state index in [4.69, 9.17) is 5.73 Å². The number of nitrogens with zero attached hydrogens (tertiary/aromatic N) is 4. The molecule has 0 saturated heterocycles. The van der Waals surface area contributed by atoms with Crippen LogP contribution in [0.2, 0.25) is 0 Å². The first-order valence-electron chi connectivity index (χ1n) is 10.8. The van der Waals surface area contributed by atoms with Crippen LogP contribution >= 0.6 is 0 Å². The monoisotopic (exact) mass is 473 g/mol. The summed E-state index contributed by atoms with van der Waals surface area (Å²) >= 11 is 0. The number of rotatable bonds is 6. The van der Waals surface area contributed by atoms with E-state index in [0.29, 0.717) is 45.8 Å². The molecular weight excluding hydrogens is 452 g/mol. The predicted molar refractivity (Wildman–Crippen MR) is 128 cm³/mol. The molecule has 0 aliphatic rings. The van der Waals surface area contributed by atoms with E-state index in [1.807, 2.05) is 19.3 Å². The highest BCUT2D eigenvalue weighted by atomic mass is 19.2. The highest BCUT2D eigenvalue weighted by Gasteiger charge is 2.14. The fourth-order valence-corrected chi connectivity index (χ4v) is 3.79. The molecule has 4 N–H and O–H groups in total. The molecule has 8 nitrogen and oxygen atoms in total. The summed E-state index contributed by atoms with van der Waals surface area (Å²) in [7, 11) is 1.84. The summed E-state index contributed by atoms with van der Waals surface area (Å²) < 4.78 is 28.1. The zero-order chi connectivity index (χ0) is 24.5. The third kappa shape index (κ3) is 4.58. The molecule has 1 amide bonds. The molecule has 10 heteroatoms. The number of nitrogen functional groups attached to an aromatic ring is 1. The van der Waals surface area contributed by atoms with Gasteiger partial charge in [0.05, 0.1) is 22.8 Å². The van der Waals surface area contributed by atoms with E-state index >= 15 is 0 Å². The number of hydrogen-bond donors (Lipinski definition) is 3. The van der Waals surface area contributed by atoms with Gasteiger partial charge in [-0.05, 0) is 48.4 Å². The molecule has 0 atom stereocenters. The average Bonchev–Trinajstić information content (AvgIpc) is 3.47. The lowest BCUT2D eigenvalue weighted by atomic mass is 10.1. The molecule has 5 rings (SSSR count). The van der Waals surface area contributed by atoms with Crippen molar-refractivity contribution in [3.05, 3.63) is 83.8 Å². The van der Waals surface area contributed by atoms with Crippen LogP contribution in [0, 0.1) is 11.6 Å². The Morgan fingerprint density at radius 3 is 2.71 bits per heavy atom. The van der Waals surface area contributed by atoms with Gasteiger partial charge in [0.25, 0.3) is 5.91 Å². The number of aromatic nitrogens is 5. The SMILES string of the molecule is Cn1cc(-c2cnc(N)c(-c3nc4ccc(C(=O)NCCc5ccc(F)c(F)c5)cc4[nH]3)c2)cn1. The zero-order valence-corrected chi connectivity index (χ0v) is 18.7. The fraction of sp³-hybridized carbons (Fsp3) is 0.120. The largest absolute Gasteiger partial charge is 0.383 e. The second-order valence-electron chi connectivity index (χ2n) is 8.13. The number of fused-ring (bicyclic) bond motifs is 1. The maximum atomic E-state index is 13.4. The minimum absolute atomic E-state index is 0.277. The van der Waals surface area contributed by atoms with Crippen LogP contribution in [0.4, 0.5) is 14.6 Å². The van der Waals surface area contributed by atoms with Crippen LogP contribution < -0.4 is 11.1 Å². The van der Waals surface area contributed by atoms with Gasteiger partial charge in [-0.15, -0.1) is 0 Å². The summed E-state index contributed by atoms with van der Waals surface area (Å²) in [6.07, 6.45) is 5.68. The van der Waals surface area contributed by atoms with Crippen molar-refractivity contribution < 1.29 is 13.6 Å². The summed E-state index contributed by atoms with van der Waals surface area (Å²) in [5, 5.41) is 6.98. The van der Waals surface area contributed by atoms with Crippen molar-refractivity contribution in [2.75, 3.05) is 12.3 Å². The molecule has 0 unspecified atom stereocenters. The summed E-state index contributed by atoms with van der Waals surface area (Å²) in [4.78, 5) is 24.7. The third-order valence-corrected chi connectivity index (χ3v) is 5.64. The molecule has 0 aliphatic heterocycles. The van der Waals surface area contributed by atoms with Gasteiger partial charge in [0, 0.05) is 42.7 Å². The molecule has 3 aromatic heterocycles. The molecule has 2 aromatic carbocycles. The molecule has 0 radical (unpaired) electrons. The van der Waals surface area contributed by atoms with Crippen molar-refractivity contribution in [3.63, 3.8) is 0 Å². The highest BCUT2D eigenvalue weighted by Crippen LogP contribution is 2.29. The van der Waals surface area contributed by atoms with E-state index in [0.717, 1.165) is 23.3 Å². The number of amides is 1. The van der Waals surface area contributed by atoms with Gasteiger partial charge in [-0.1, -0.05) is 6.07 Å². The Bertz CT molecular complexity index is 1560. The van der Waals surface area contributed by atoms with Crippen LogP contribution in [-0.4, -0.2) is 37.2 Å². The lowest BCUT2D eigenvalue weighted by molar-refractivity contribution is 0.0954. The van der Waals surface area contributed by atoms with E-state index in [1.165, 1.54) is 6.07 Å². The van der Waals surface area contributed by atoms with Gasteiger partial charge in [0.1, 0.15) is 11.6 Å². The van der Waals surface area contributed by atoms with Gasteiger partial charge in [-0.2, -0.15) is 5.10 Å². The van der Waals surface area contributed by atoms with Gasteiger partial charge in [0.15, 0.2) is 11.6 Å². The van der Waals surface area contributed by atoms with Crippen molar-refractivity contribution in [3.8, 4) is 22.5 Å². The summed E-state index contributed by atoms with van der Waals surface area (Å²) in [5.74, 6) is -1.23. The predicted octanol–water partition coefficient (Wildman–Crippen LogP) is 3.86. The number of anilines is 1. The Morgan fingerprint density at radius 2 is 1.94 bits per heavy atom. The van der Waals surface area contributed by atoms with Crippen LogP contribution in [0.15, 0.2) is 61.1 Å². The smallest absolute Gasteiger partial charge is 0.251 e. The van der Waals surface area contributed by atoms with Gasteiger partial charge >= 0.3 is 0 Å². The molecule has 0 saturated carbocycles. The molecule has 35 heavy (non-hydrogen) atoms. The normalized spacial score (nSPS) is 11.2. The molecule has 0 bridgehead atoms. The lowest BCUT2D eigenvalue weighted by Crippen LogP contribution is -2.25. The number of pyridine rings is 1. The Balaban J connectivity index is 1.33. The molecule has 0 fully saturated rings. The molecule has 0 aliphatic carbocycles. The Hall–Kier alpha value is -4.60. The minimum atomic E-state index is -0.906. The number of hydrogen-bond acceptors (Lipinski definition) is 5. The van der Waals surface area contributed by atoms with Gasteiger partial charge in [-0.3, -0.25) is 9.48 Å². The first-order chi connectivity index (χ1) is 16.9. The molecule has 3 heterocycles. The maximum absolute atomic E-state index is 13.4. The van der Waals surface area contributed by atoms with E-state index in [-0.39, 0.29) is 12.5 Å². The van der Waals surface area contributed by atoms with Gasteiger partial charge < -0.3 is 16.0 Å². The summed E-state index contributed by atoms with van der Waals surface area (Å²) in [6, 6.07) is 10.7. The first-order valence-corrected chi connectivity index (χ1v) is 10.8. The summed E-state index contributed by atoms with van der Waals surface area (Å²) in [6.45, 7) is 0.277. The third-order valence-electron chi connectivity index (χ3n) is 5.64. The quantitative estimate of drug-likeness (QED) is 0.347. The second kappa shape index (κ2) is 8.98. The van der Waals surface area contributed by atoms with Crippen LogP contribution in [-0.2, 0) is 13.5 Å². The minimum Gasteiger partial charge on any atom is -0.383 e. The van der Waals surface area contributed by atoms with Crippen molar-refractivity contribution in [2.24, 2.45) is 7.05 Å². The van der Waals surface area contributed by atoms with E-state index in [9.17, 15) is 13.6 Å². The van der Waals surface area contributed by atoms with E-state index in [1.54, 1.807) is 35.3 Å². The number of nitrogens with two attached hydrogens (primary N) is 1. The highest BCUT2D eigenvalue weighted by molar-refractivity contribution is 5.97. The second-order valence-corrected chi connectivity index (χ2v) is 8.13. The zero-order valence-electron chi connectivity index (χ0n) is 18.7. The van der Waals surface area contributed by atoms with Crippen molar-refractivity contribution in [2.45, 2.75) is 6.42 Å². The average molecular weight is 473 g/mol. The molecule has 176 valence electrons. The number of carbonyl (C=O) groups is 1. The maximum Gasteiger partial charge on any atom is 0.251 e. The number of halogens is 2. The first kappa shape index (κ1) is 22.2. The van der Waals surface area contributed by atoms with Gasteiger partial charge in [0.2, 0.25) is 0 Å². The van der Waals surface area contributed by atoms with E-state index < -0.39 is 11.6 Å². The van der Waals surface area contributed by atoms with Crippen LogP contribution in [0.1, 0.15) is 15.9 Å². The number of nitrogens with one attached hydrogen (secondary N) is 2. The number of imidazole rings is 1. The van der Waals surface area contributed by atoms with Crippen molar-refractivity contribution in [1.29, 1.82) is 0 Å². The van der Waals surface area contributed by atoms with Crippen molar-refractivity contribution >= 4 is 22.8 Å². The summed E-state index contributed by atoms with van der Waals surface area (Å²) in [5.41, 5.74) is 10.9. The molecule has 0 spiro atoms. The van der Waals surface area contributed by atoms with Crippen LogP contribution in [0.3, 0.4) is 0 Å². The molecule has 5 aromatic rings. The van der Waals surface area contributed by atoms with Crippen molar-refractivity contribution in [1.82, 2.24) is 30.0 Å². The Kier molecular flexibility index (Phi) is 5.69. The fourth-order valence-electron chi connectivity index (χ4n) is 3.79. The van der Waals surface area contributed by atoms with E-state index in [2.05, 4.69) is 25.4 Å². The van der Waals surface area contributed by atoms with Crippen LogP contribution in [0.5, 0.6) is 0 Å². The number of H-pyrrole nitrogens is 1. The Labute approximate surface area is 198 Å². The molecular formula is C25H21F2N7O. The number of carbonyl (C=O) groups excluding carboxylic acids is 1. The lowest BCUT2D eigenvalue weighted by Gasteiger charge is -2.06. The van der Waals surface area contributed by atoms with Gasteiger partial charge in [-0.25, -0.2) is 18.7 Å².